The van der Waals surface area contributed by atoms with Crippen molar-refractivity contribution in [2.75, 3.05) is 0 Å². The van der Waals surface area contributed by atoms with Crippen molar-refractivity contribution < 1.29 is 17.6 Å². The summed E-state index contributed by atoms with van der Waals surface area (Å²) in [5.74, 6) is -0.888. The van der Waals surface area contributed by atoms with Gasteiger partial charge in [0.1, 0.15) is 5.82 Å². The number of halogens is 4. The van der Waals surface area contributed by atoms with Gasteiger partial charge in [-0.1, -0.05) is 0 Å². The van der Waals surface area contributed by atoms with Gasteiger partial charge >= 0.3 is 6.18 Å². The molecule has 0 aliphatic carbocycles. The quantitative estimate of drug-likeness (QED) is 0.859. The van der Waals surface area contributed by atoms with E-state index < -0.39 is 17.6 Å². The highest BCUT2D eigenvalue weighted by atomic mass is 19.4. The van der Waals surface area contributed by atoms with Gasteiger partial charge in [-0.3, -0.25) is 4.68 Å². The van der Waals surface area contributed by atoms with Gasteiger partial charge in [0.05, 0.1) is 12.1 Å². The molecule has 0 spiro atoms. The van der Waals surface area contributed by atoms with Crippen molar-refractivity contribution in [1.82, 2.24) is 15.1 Å². The van der Waals surface area contributed by atoms with E-state index in [2.05, 4.69) is 10.4 Å². The van der Waals surface area contributed by atoms with Crippen LogP contribution in [0.3, 0.4) is 0 Å². The molecule has 0 amide bonds. The van der Waals surface area contributed by atoms with Crippen molar-refractivity contribution in [3.05, 3.63) is 53.6 Å². The zero-order chi connectivity index (χ0) is 15.5. The zero-order valence-corrected chi connectivity index (χ0v) is 11.4. The van der Waals surface area contributed by atoms with Gasteiger partial charge in [0.15, 0.2) is 0 Å². The molecule has 0 saturated heterocycles. The molecule has 21 heavy (non-hydrogen) atoms. The molecule has 1 atom stereocenters. The lowest BCUT2D eigenvalue weighted by Crippen LogP contribution is -2.30. The first-order valence-electron chi connectivity index (χ1n) is 6.42. The molecule has 7 heteroatoms. The Morgan fingerprint density at radius 1 is 1.29 bits per heavy atom. The van der Waals surface area contributed by atoms with Crippen molar-refractivity contribution in [1.29, 1.82) is 0 Å². The van der Waals surface area contributed by atoms with Gasteiger partial charge in [-0.25, -0.2) is 4.39 Å². The van der Waals surface area contributed by atoms with Crippen molar-refractivity contribution in [2.45, 2.75) is 32.2 Å². The van der Waals surface area contributed by atoms with Crippen LogP contribution in [0.25, 0.3) is 0 Å². The van der Waals surface area contributed by atoms with E-state index in [-0.39, 0.29) is 18.2 Å². The molecule has 0 bridgehead atoms. The number of hydrogen-bond donors (Lipinski definition) is 1. The van der Waals surface area contributed by atoms with E-state index in [1.54, 1.807) is 23.1 Å². The summed E-state index contributed by atoms with van der Waals surface area (Å²) in [6, 6.07) is 4.33. The number of hydrogen-bond acceptors (Lipinski definition) is 2. The molecule has 1 aromatic carbocycles. The SMILES string of the molecule is CC(Cn1cccn1)NCc1cc(F)cc(C(F)(F)F)c1. The van der Waals surface area contributed by atoms with Crippen molar-refractivity contribution >= 4 is 0 Å². The van der Waals surface area contributed by atoms with E-state index in [4.69, 9.17) is 0 Å². The van der Waals surface area contributed by atoms with E-state index in [1.165, 1.54) is 0 Å². The van der Waals surface area contributed by atoms with Crippen LogP contribution in [-0.4, -0.2) is 15.8 Å². The Labute approximate surface area is 119 Å². The molecule has 0 saturated carbocycles. The summed E-state index contributed by atoms with van der Waals surface area (Å²) in [7, 11) is 0. The maximum Gasteiger partial charge on any atom is 0.416 e. The minimum atomic E-state index is -4.54. The van der Waals surface area contributed by atoms with Crippen LogP contribution in [0.2, 0.25) is 0 Å². The number of nitrogens with one attached hydrogen (secondary N) is 1. The maximum atomic E-state index is 13.2. The van der Waals surface area contributed by atoms with E-state index in [0.717, 1.165) is 12.1 Å². The number of nitrogens with zero attached hydrogens (tertiary/aromatic N) is 2. The van der Waals surface area contributed by atoms with Crippen LogP contribution in [0.5, 0.6) is 0 Å². The molecule has 1 heterocycles. The van der Waals surface area contributed by atoms with Crippen molar-refractivity contribution in [2.24, 2.45) is 0 Å². The Hall–Kier alpha value is -1.89. The fourth-order valence-corrected chi connectivity index (χ4v) is 1.96. The fraction of sp³-hybridized carbons (Fsp3) is 0.357. The molecule has 1 unspecified atom stereocenters. The lowest BCUT2D eigenvalue weighted by atomic mass is 10.1. The third-order valence-electron chi connectivity index (χ3n) is 2.96. The maximum absolute atomic E-state index is 13.2. The van der Waals surface area contributed by atoms with Gasteiger partial charge in [0, 0.05) is 25.0 Å². The second-order valence-corrected chi connectivity index (χ2v) is 4.86. The summed E-state index contributed by atoms with van der Waals surface area (Å²) in [4.78, 5) is 0. The Balaban J connectivity index is 1.98. The molecule has 0 aliphatic rings. The highest BCUT2D eigenvalue weighted by Gasteiger charge is 2.31. The van der Waals surface area contributed by atoms with E-state index in [0.29, 0.717) is 12.6 Å². The summed E-state index contributed by atoms with van der Waals surface area (Å²) in [5.41, 5.74) is -0.714. The van der Waals surface area contributed by atoms with Crippen LogP contribution in [0, 0.1) is 5.82 Å². The highest BCUT2D eigenvalue weighted by Crippen LogP contribution is 2.30. The Kier molecular flexibility index (Phi) is 4.62. The normalized spacial score (nSPS) is 13.4. The van der Waals surface area contributed by atoms with Crippen molar-refractivity contribution in [3.8, 4) is 0 Å². The highest BCUT2D eigenvalue weighted by molar-refractivity contribution is 5.26. The minimum Gasteiger partial charge on any atom is -0.308 e. The lowest BCUT2D eigenvalue weighted by molar-refractivity contribution is -0.137. The minimum absolute atomic E-state index is 0.0116. The van der Waals surface area contributed by atoms with Crippen LogP contribution >= 0.6 is 0 Å². The molecule has 2 aromatic rings. The molecule has 1 N–H and O–H groups in total. The summed E-state index contributed by atoms with van der Waals surface area (Å²) in [5, 5.41) is 7.09. The molecule has 0 fully saturated rings. The van der Waals surface area contributed by atoms with Crippen LogP contribution in [0.1, 0.15) is 18.1 Å². The van der Waals surface area contributed by atoms with Gasteiger partial charge in [-0.2, -0.15) is 18.3 Å². The predicted octanol–water partition coefficient (Wildman–Crippen LogP) is 3.22. The molecule has 1 aromatic heterocycles. The predicted molar refractivity (Wildman–Crippen MR) is 69.9 cm³/mol. The largest absolute Gasteiger partial charge is 0.416 e. The summed E-state index contributed by atoms with van der Waals surface area (Å²) in [6.07, 6.45) is -1.10. The number of aromatic nitrogens is 2. The summed E-state index contributed by atoms with van der Waals surface area (Å²) >= 11 is 0. The van der Waals surface area contributed by atoms with Gasteiger partial charge < -0.3 is 5.32 Å². The third-order valence-corrected chi connectivity index (χ3v) is 2.96. The first-order chi connectivity index (χ1) is 9.84. The van der Waals surface area contributed by atoms with E-state index in [9.17, 15) is 17.6 Å². The molecular formula is C14H15F4N3. The second kappa shape index (κ2) is 6.26. The monoisotopic (exact) mass is 301 g/mol. The summed E-state index contributed by atoms with van der Waals surface area (Å²) < 4.78 is 52.8. The molecule has 2 rings (SSSR count). The molecule has 3 nitrogen and oxygen atoms in total. The van der Waals surface area contributed by atoms with Gasteiger partial charge in [0.25, 0.3) is 0 Å². The van der Waals surface area contributed by atoms with Gasteiger partial charge in [-0.15, -0.1) is 0 Å². The Morgan fingerprint density at radius 3 is 2.67 bits per heavy atom. The van der Waals surface area contributed by atoms with Crippen LogP contribution in [0.15, 0.2) is 36.7 Å². The number of alkyl halides is 3. The lowest BCUT2D eigenvalue weighted by Gasteiger charge is -2.15. The van der Waals surface area contributed by atoms with Crippen LogP contribution in [0.4, 0.5) is 17.6 Å². The number of rotatable bonds is 5. The van der Waals surface area contributed by atoms with E-state index in [1.807, 2.05) is 6.92 Å². The average molecular weight is 301 g/mol. The molecule has 0 aliphatic heterocycles. The Bertz CT molecular complexity index is 578. The fourth-order valence-electron chi connectivity index (χ4n) is 1.96. The number of benzene rings is 1. The van der Waals surface area contributed by atoms with Crippen LogP contribution in [-0.2, 0) is 19.3 Å². The third kappa shape index (κ3) is 4.56. The Morgan fingerprint density at radius 2 is 2.05 bits per heavy atom. The zero-order valence-electron chi connectivity index (χ0n) is 11.4. The molecule has 114 valence electrons. The van der Waals surface area contributed by atoms with Crippen molar-refractivity contribution in [3.63, 3.8) is 0 Å². The molecular weight excluding hydrogens is 286 g/mol. The second-order valence-electron chi connectivity index (χ2n) is 4.86. The molecule has 0 radical (unpaired) electrons. The topological polar surface area (TPSA) is 29.9 Å². The summed E-state index contributed by atoms with van der Waals surface area (Å²) in [6.45, 7) is 2.61. The van der Waals surface area contributed by atoms with Gasteiger partial charge in [-0.05, 0) is 36.8 Å². The smallest absolute Gasteiger partial charge is 0.308 e. The first kappa shape index (κ1) is 15.5. The standard InChI is InChI=1S/C14H15F4N3/c1-10(9-21-4-2-3-20-21)19-8-11-5-12(14(16,17)18)7-13(15)6-11/h2-7,10,19H,8-9H2,1H3. The first-order valence-corrected chi connectivity index (χ1v) is 6.42. The van der Waals surface area contributed by atoms with E-state index >= 15 is 0 Å². The van der Waals surface area contributed by atoms with Gasteiger partial charge in [0.2, 0.25) is 0 Å². The van der Waals surface area contributed by atoms with Crippen LogP contribution < -0.4 is 5.32 Å². The average Bonchev–Trinajstić information content (AvgIpc) is 2.87.